The Morgan fingerprint density at radius 3 is 2.21 bits per heavy atom. The van der Waals surface area contributed by atoms with Crippen molar-refractivity contribution in [3.05, 3.63) is 0 Å². The number of nitrogens with one attached hydrogen (secondary N) is 1. The van der Waals surface area contributed by atoms with Crippen LogP contribution in [0.1, 0.15) is 0 Å². The fraction of sp³-hybridized carbons (Fsp3) is 0.800. The van der Waals surface area contributed by atoms with Crippen molar-refractivity contribution in [2.24, 2.45) is 10.7 Å². The van der Waals surface area contributed by atoms with Crippen LogP contribution in [0.4, 0.5) is 0 Å². The van der Waals surface area contributed by atoms with Crippen molar-refractivity contribution < 1.29 is 42.7 Å². The van der Waals surface area contributed by atoms with Crippen LogP contribution in [0.3, 0.4) is 0 Å². The number of aliphatic hydroxyl groups excluding tert-OH is 4. The molecule has 13 nitrogen and oxygen atoms in total. The van der Waals surface area contributed by atoms with Crippen LogP contribution in [0.25, 0.3) is 0 Å². The summed E-state index contributed by atoms with van der Waals surface area (Å²) < 4.78 is 31.6. The molecule has 0 aromatic carbocycles. The van der Waals surface area contributed by atoms with E-state index in [1.807, 2.05) is 0 Å². The molecule has 1 rings (SSSR count). The highest BCUT2D eigenvalue weighted by Crippen LogP contribution is 2.18. The Hall–Kier alpha value is -1.55. The first-order valence-corrected chi connectivity index (χ1v) is 7.92. The molecule has 0 spiro atoms. The molecular formula is C10H22N4O9S. The van der Waals surface area contributed by atoms with E-state index in [0.717, 1.165) is 4.90 Å². The Labute approximate surface area is 138 Å². The van der Waals surface area contributed by atoms with E-state index < -0.39 is 47.3 Å². The number of nitrogens with two attached hydrogens (primary N) is 1. The number of aliphatic imine (C=N–C) groups is 1. The van der Waals surface area contributed by atoms with Crippen LogP contribution in [0.15, 0.2) is 4.99 Å². The summed E-state index contributed by atoms with van der Waals surface area (Å²) in [5, 5.41) is 40.5. The standard InChI is InChI=1S/C10H20N4O5.H2O4S/c1-12-10(11)13-2-7(17)14-3-6(16)9(19)8(18)5(14)4-15;1-5(2,3)4/h5-6,8-9,15-16,18-19H,2-4H2,1H3,(H3,11,12,13);(H2,1,2,3,4)/t5?,6-,8-,9+;/m0./s1. The van der Waals surface area contributed by atoms with E-state index in [1.165, 1.54) is 7.05 Å². The normalized spacial score (nSPS) is 28.0. The molecule has 1 unspecified atom stereocenters. The van der Waals surface area contributed by atoms with Gasteiger partial charge in [0.2, 0.25) is 5.91 Å². The predicted octanol–water partition coefficient (Wildman–Crippen LogP) is -4.85. The molecule has 0 aromatic heterocycles. The molecular weight excluding hydrogens is 352 g/mol. The van der Waals surface area contributed by atoms with Gasteiger partial charge in [0.25, 0.3) is 0 Å². The van der Waals surface area contributed by atoms with Crippen LogP contribution in [0.2, 0.25) is 0 Å². The second-order valence-electron chi connectivity index (χ2n) is 4.75. The van der Waals surface area contributed by atoms with E-state index in [1.54, 1.807) is 0 Å². The average molecular weight is 374 g/mol. The molecule has 1 aliphatic rings. The minimum absolute atomic E-state index is 0.0760. The van der Waals surface area contributed by atoms with Crippen molar-refractivity contribution in [1.82, 2.24) is 10.2 Å². The van der Waals surface area contributed by atoms with Crippen molar-refractivity contribution in [2.45, 2.75) is 24.4 Å². The van der Waals surface area contributed by atoms with Gasteiger partial charge in [-0.25, -0.2) is 0 Å². The number of amides is 1. The van der Waals surface area contributed by atoms with Crippen LogP contribution < -0.4 is 11.1 Å². The van der Waals surface area contributed by atoms with Gasteiger partial charge in [-0.3, -0.25) is 18.9 Å². The molecule has 0 aromatic rings. The van der Waals surface area contributed by atoms with Crippen LogP contribution in [0.5, 0.6) is 0 Å². The number of hydrogen-bond acceptors (Lipinski definition) is 8. The third-order valence-electron chi connectivity index (χ3n) is 3.09. The van der Waals surface area contributed by atoms with Gasteiger partial charge in [0.15, 0.2) is 5.96 Å². The second kappa shape index (κ2) is 9.67. The maximum Gasteiger partial charge on any atom is 0.394 e. The van der Waals surface area contributed by atoms with Gasteiger partial charge in [0, 0.05) is 13.6 Å². The summed E-state index contributed by atoms with van der Waals surface area (Å²) in [6.07, 6.45) is -4.06. The Balaban J connectivity index is 0.000000922. The number of carbonyl (C=O) groups is 1. The molecule has 4 atom stereocenters. The van der Waals surface area contributed by atoms with E-state index in [2.05, 4.69) is 10.3 Å². The molecule has 0 aliphatic carbocycles. The lowest BCUT2D eigenvalue weighted by atomic mass is 9.94. The molecule has 1 heterocycles. The number of hydrogen-bond donors (Lipinski definition) is 8. The molecule has 1 aliphatic heterocycles. The van der Waals surface area contributed by atoms with Gasteiger partial charge in [0.05, 0.1) is 19.2 Å². The fourth-order valence-electron chi connectivity index (χ4n) is 1.92. The van der Waals surface area contributed by atoms with Crippen molar-refractivity contribution in [1.29, 1.82) is 0 Å². The van der Waals surface area contributed by atoms with Gasteiger partial charge < -0.3 is 36.4 Å². The highest BCUT2D eigenvalue weighted by atomic mass is 32.3. The van der Waals surface area contributed by atoms with Crippen molar-refractivity contribution in [3.8, 4) is 0 Å². The quantitative estimate of drug-likeness (QED) is 0.133. The minimum Gasteiger partial charge on any atom is -0.394 e. The lowest BCUT2D eigenvalue weighted by molar-refractivity contribution is -0.165. The molecule has 9 N–H and O–H groups in total. The molecule has 0 saturated carbocycles. The Morgan fingerprint density at radius 1 is 1.29 bits per heavy atom. The summed E-state index contributed by atoms with van der Waals surface area (Å²) >= 11 is 0. The Bertz CT molecular complexity index is 532. The van der Waals surface area contributed by atoms with E-state index in [4.69, 9.17) is 23.3 Å². The molecule has 1 saturated heterocycles. The summed E-state index contributed by atoms with van der Waals surface area (Å²) in [5.41, 5.74) is 5.37. The molecule has 24 heavy (non-hydrogen) atoms. The third-order valence-corrected chi connectivity index (χ3v) is 3.09. The largest absolute Gasteiger partial charge is 0.394 e. The first-order valence-electron chi connectivity index (χ1n) is 6.52. The molecule has 0 bridgehead atoms. The summed E-state index contributed by atoms with van der Waals surface area (Å²) in [4.78, 5) is 16.6. The summed E-state index contributed by atoms with van der Waals surface area (Å²) in [6.45, 7) is -0.879. The zero-order chi connectivity index (χ0) is 19.1. The zero-order valence-electron chi connectivity index (χ0n) is 12.7. The maximum absolute atomic E-state index is 11.9. The fourth-order valence-corrected chi connectivity index (χ4v) is 1.92. The Kier molecular flexibility index (Phi) is 9.05. The number of aliphatic hydroxyl groups is 4. The molecule has 14 heteroatoms. The van der Waals surface area contributed by atoms with Crippen LogP contribution in [-0.4, -0.2) is 106 Å². The molecule has 142 valence electrons. The van der Waals surface area contributed by atoms with E-state index in [0.29, 0.717) is 0 Å². The van der Waals surface area contributed by atoms with E-state index in [9.17, 15) is 25.2 Å². The van der Waals surface area contributed by atoms with Crippen molar-refractivity contribution >= 4 is 22.3 Å². The predicted molar refractivity (Wildman–Crippen MR) is 80.3 cm³/mol. The topological polar surface area (TPSA) is 226 Å². The van der Waals surface area contributed by atoms with Gasteiger partial charge in [0.1, 0.15) is 18.3 Å². The smallest absolute Gasteiger partial charge is 0.394 e. The molecule has 1 amide bonds. The SMILES string of the molecule is CN=C(N)NCC(=O)N1C[C@H](O)[C@@H](O)[C@@H](O)C1CO.O=S(=O)(O)O. The number of carbonyl (C=O) groups excluding carboxylic acids is 1. The van der Waals surface area contributed by atoms with Gasteiger partial charge in [-0.2, -0.15) is 8.42 Å². The average Bonchev–Trinajstić information content (AvgIpc) is 2.47. The molecule has 0 radical (unpaired) electrons. The highest BCUT2D eigenvalue weighted by molar-refractivity contribution is 7.79. The number of rotatable bonds is 3. The van der Waals surface area contributed by atoms with Gasteiger partial charge in [-0.15, -0.1) is 0 Å². The number of piperidine rings is 1. The van der Waals surface area contributed by atoms with Crippen LogP contribution in [-0.2, 0) is 15.2 Å². The van der Waals surface area contributed by atoms with Gasteiger partial charge in [-0.05, 0) is 0 Å². The zero-order valence-corrected chi connectivity index (χ0v) is 13.5. The number of likely N-dealkylation sites (tertiary alicyclic amines) is 1. The summed E-state index contributed by atoms with van der Waals surface area (Å²) in [7, 11) is -3.21. The maximum atomic E-state index is 11.9. The summed E-state index contributed by atoms with van der Waals surface area (Å²) in [5.74, 6) is -0.400. The first-order chi connectivity index (χ1) is 10.9. The van der Waals surface area contributed by atoms with E-state index in [-0.39, 0.29) is 19.0 Å². The number of β-amino-alcohol motifs (C(OH)–C–C–N with tert-alkyl or cyclic N) is 1. The number of nitrogens with zero attached hydrogens (tertiary/aromatic N) is 2. The second-order valence-corrected chi connectivity index (χ2v) is 5.65. The van der Waals surface area contributed by atoms with Crippen molar-refractivity contribution in [3.63, 3.8) is 0 Å². The van der Waals surface area contributed by atoms with E-state index >= 15 is 0 Å². The summed E-state index contributed by atoms with van der Waals surface area (Å²) in [6, 6.07) is -0.965. The highest BCUT2D eigenvalue weighted by Gasteiger charge is 2.42. The lowest BCUT2D eigenvalue weighted by Crippen LogP contribution is -2.65. The monoisotopic (exact) mass is 374 g/mol. The van der Waals surface area contributed by atoms with Gasteiger partial charge >= 0.3 is 10.4 Å². The lowest BCUT2D eigenvalue weighted by Gasteiger charge is -2.43. The van der Waals surface area contributed by atoms with Crippen molar-refractivity contribution in [2.75, 3.05) is 26.7 Å². The van der Waals surface area contributed by atoms with Crippen LogP contribution in [0, 0.1) is 0 Å². The first kappa shape index (κ1) is 22.4. The third kappa shape index (κ3) is 7.82. The minimum atomic E-state index is -4.67. The van der Waals surface area contributed by atoms with Crippen LogP contribution >= 0.6 is 0 Å². The van der Waals surface area contributed by atoms with Gasteiger partial charge in [-0.1, -0.05) is 0 Å². The molecule has 1 fully saturated rings. The Morgan fingerprint density at radius 2 is 1.79 bits per heavy atom. The number of guanidine groups is 1.